The van der Waals surface area contributed by atoms with Crippen molar-refractivity contribution >= 4 is 54.1 Å². The van der Waals surface area contributed by atoms with Gasteiger partial charge in [0.2, 0.25) is 0 Å². The smallest absolute Gasteiger partial charge is 0.164 e. The molecule has 0 fully saturated rings. The number of para-hydroxylation sites is 1. The number of nitrogens with zero attached hydrogens (tertiary/aromatic N) is 4. The van der Waals surface area contributed by atoms with Crippen molar-refractivity contribution < 1.29 is 0 Å². The van der Waals surface area contributed by atoms with Crippen LogP contribution in [-0.2, 0) is 10.8 Å². The first kappa shape index (κ1) is 33.7. The van der Waals surface area contributed by atoms with Gasteiger partial charge in [-0.25, -0.2) is 15.0 Å². The average molecular weight is 735 g/mol. The Bertz CT molecular complexity index is 3250. The number of hydrogen-bond acceptors (Lipinski definition) is 3. The van der Waals surface area contributed by atoms with E-state index in [-0.39, 0.29) is 10.8 Å². The molecule has 0 spiro atoms. The highest BCUT2D eigenvalue weighted by molar-refractivity contribution is 6.10. The lowest BCUT2D eigenvalue weighted by atomic mass is 9.63. The first-order valence-electron chi connectivity index (χ1n) is 20.1. The highest BCUT2D eigenvalue weighted by Gasteiger charge is 2.38. The summed E-state index contributed by atoms with van der Waals surface area (Å²) in [5, 5.41) is 9.53. The molecule has 4 nitrogen and oxygen atoms in total. The van der Waals surface area contributed by atoms with Crippen molar-refractivity contribution in [3.8, 4) is 39.9 Å². The molecule has 0 atom stereocenters. The van der Waals surface area contributed by atoms with Gasteiger partial charge in [0.1, 0.15) is 0 Å². The zero-order valence-corrected chi connectivity index (χ0v) is 32.7. The molecule has 0 aliphatic heterocycles. The van der Waals surface area contributed by atoms with Crippen LogP contribution in [-0.4, -0.2) is 19.5 Å². The molecule has 1 aliphatic rings. The van der Waals surface area contributed by atoms with Crippen LogP contribution in [0.1, 0.15) is 51.7 Å². The van der Waals surface area contributed by atoms with Gasteiger partial charge in [-0.3, -0.25) is 0 Å². The zero-order chi connectivity index (χ0) is 38.5. The van der Waals surface area contributed by atoms with Crippen molar-refractivity contribution in [2.75, 3.05) is 0 Å². The second-order valence-electron chi connectivity index (χ2n) is 17.2. The number of aromatic nitrogens is 4. The maximum atomic E-state index is 5.18. The van der Waals surface area contributed by atoms with Crippen molar-refractivity contribution in [2.45, 2.75) is 51.4 Å². The van der Waals surface area contributed by atoms with E-state index in [1.807, 2.05) is 0 Å². The van der Waals surface area contributed by atoms with E-state index in [1.165, 1.54) is 56.5 Å². The molecule has 0 saturated heterocycles. The van der Waals surface area contributed by atoms with Gasteiger partial charge < -0.3 is 4.57 Å². The summed E-state index contributed by atoms with van der Waals surface area (Å²) in [6.07, 6.45) is 2.38. The van der Waals surface area contributed by atoms with Crippen LogP contribution >= 0.6 is 0 Å². The third-order valence-corrected chi connectivity index (χ3v) is 12.7. The molecule has 274 valence electrons. The van der Waals surface area contributed by atoms with Crippen molar-refractivity contribution in [3.63, 3.8) is 0 Å². The Morgan fingerprint density at radius 1 is 0.404 bits per heavy atom. The summed E-state index contributed by atoms with van der Waals surface area (Å²) in [5.41, 5.74) is 9.80. The lowest BCUT2D eigenvalue weighted by Gasteiger charge is -2.42. The van der Waals surface area contributed by atoms with Crippen molar-refractivity contribution in [1.82, 2.24) is 19.5 Å². The van der Waals surface area contributed by atoms with Gasteiger partial charge in [-0.1, -0.05) is 143 Å². The summed E-state index contributed by atoms with van der Waals surface area (Å²) in [6.45, 7) is 9.65. The van der Waals surface area contributed by atoms with Gasteiger partial charge in [0.05, 0.1) is 11.0 Å². The standard InChI is InChI=1S/C53H42N4/c1-52(2)26-27-53(3,4)46-32-48-44(31-45(46)52)42-17-9-10-19-47(42)57(48)40-25-24-36-29-39(23-21-37(36)30-40)50-54-49(38-22-20-33-12-5-6-14-35(33)28-38)55-51(56-50)43-18-11-15-34-13-7-8-16-41(34)43/h5-25,28-32H,26-27H2,1-4H3. The zero-order valence-electron chi connectivity index (χ0n) is 32.7. The van der Waals surface area contributed by atoms with Crippen molar-refractivity contribution in [2.24, 2.45) is 0 Å². The molecule has 4 heteroatoms. The lowest BCUT2D eigenvalue weighted by molar-refractivity contribution is 0.332. The molecule has 11 rings (SSSR count). The molecule has 0 unspecified atom stereocenters. The van der Waals surface area contributed by atoms with Gasteiger partial charge in [-0.2, -0.15) is 0 Å². The molecule has 2 heterocycles. The third kappa shape index (κ3) is 5.46. The van der Waals surface area contributed by atoms with Crippen LogP contribution in [0.3, 0.4) is 0 Å². The number of hydrogen-bond donors (Lipinski definition) is 0. The fourth-order valence-electron chi connectivity index (χ4n) is 9.32. The molecule has 0 N–H and O–H groups in total. The van der Waals surface area contributed by atoms with E-state index in [1.54, 1.807) is 0 Å². The summed E-state index contributed by atoms with van der Waals surface area (Å²) in [6, 6.07) is 56.9. The summed E-state index contributed by atoms with van der Waals surface area (Å²) >= 11 is 0. The van der Waals surface area contributed by atoms with Gasteiger partial charge in [0, 0.05) is 33.2 Å². The van der Waals surface area contributed by atoms with Gasteiger partial charge in [-0.05, 0) is 110 Å². The summed E-state index contributed by atoms with van der Waals surface area (Å²) < 4.78 is 2.47. The SMILES string of the molecule is CC1(C)CCC(C)(C)c2cc3c(cc21)c1ccccc1n3-c1ccc2cc(-c3nc(-c4ccc5ccccc5c4)nc(-c4cccc5ccccc45)n3)ccc2c1. The molecule has 0 bridgehead atoms. The molecule has 8 aromatic carbocycles. The van der Waals surface area contributed by atoms with Crippen LogP contribution in [0.4, 0.5) is 0 Å². The van der Waals surface area contributed by atoms with E-state index < -0.39 is 0 Å². The van der Waals surface area contributed by atoms with Crippen molar-refractivity contribution in [1.29, 1.82) is 0 Å². The Balaban J connectivity index is 1.06. The van der Waals surface area contributed by atoms with E-state index in [9.17, 15) is 0 Å². The molecule has 57 heavy (non-hydrogen) atoms. The van der Waals surface area contributed by atoms with E-state index >= 15 is 0 Å². The molecule has 0 radical (unpaired) electrons. The Morgan fingerprint density at radius 3 is 1.70 bits per heavy atom. The van der Waals surface area contributed by atoms with Crippen LogP contribution < -0.4 is 0 Å². The van der Waals surface area contributed by atoms with Crippen LogP contribution in [0.5, 0.6) is 0 Å². The highest BCUT2D eigenvalue weighted by Crippen LogP contribution is 2.48. The minimum absolute atomic E-state index is 0.122. The lowest BCUT2D eigenvalue weighted by Crippen LogP contribution is -2.33. The summed E-state index contributed by atoms with van der Waals surface area (Å²) in [7, 11) is 0. The Labute approximate surface area is 332 Å². The second kappa shape index (κ2) is 12.4. The van der Waals surface area contributed by atoms with Gasteiger partial charge >= 0.3 is 0 Å². The van der Waals surface area contributed by atoms with Gasteiger partial charge in [0.25, 0.3) is 0 Å². The number of rotatable bonds is 4. The van der Waals surface area contributed by atoms with E-state index in [0.717, 1.165) is 43.9 Å². The molecule has 0 amide bonds. The van der Waals surface area contributed by atoms with Gasteiger partial charge in [-0.15, -0.1) is 0 Å². The second-order valence-corrected chi connectivity index (χ2v) is 17.2. The highest BCUT2D eigenvalue weighted by atomic mass is 15.0. The monoisotopic (exact) mass is 734 g/mol. The average Bonchev–Trinajstić information content (AvgIpc) is 3.57. The van der Waals surface area contributed by atoms with E-state index in [0.29, 0.717) is 17.5 Å². The number of benzene rings is 8. The summed E-state index contributed by atoms with van der Waals surface area (Å²) in [4.78, 5) is 15.5. The fraction of sp³-hybridized carbons (Fsp3) is 0.151. The molecule has 1 aliphatic carbocycles. The first-order chi connectivity index (χ1) is 27.7. The van der Waals surface area contributed by atoms with Crippen molar-refractivity contribution in [3.05, 3.63) is 169 Å². The maximum absolute atomic E-state index is 5.18. The van der Waals surface area contributed by atoms with Crippen LogP contribution in [0.15, 0.2) is 158 Å². The largest absolute Gasteiger partial charge is 0.309 e. The Kier molecular flexibility index (Phi) is 7.34. The van der Waals surface area contributed by atoms with Crippen LogP contribution in [0, 0.1) is 0 Å². The molecule has 10 aromatic rings. The van der Waals surface area contributed by atoms with E-state index in [2.05, 4.69) is 190 Å². The number of fused-ring (bicyclic) bond motifs is 7. The van der Waals surface area contributed by atoms with Crippen LogP contribution in [0.2, 0.25) is 0 Å². The predicted molar refractivity (Wildman–Crippen MR) is 238 cm³/mol. The maximum Gasteiger partial charge on any atom is 0.164 e. The Morgan fingerprint density at radius 2 is 0.947 bits per heavy atom. The third-order valence-electron chi connectivity index (χ3n) is 12.7. The molecule has 2 aromatic heterocycles. The summed E-state index contributed by atoms with van der Waals surface area (Å²) in [5.74, 6) is 1.97. The topological polar surface area (TPSA) is 43.6 Å². The van der Waals surface area contributed by atoms with E-state index in [4.69, 9.17) is 15.0 Å². The normalized spacial score (nSPS) is 14.8. The minimum atomic E-state index is 0.122. The molecule has 0 saturated carbocycles. The first-order valence-corrected chi connectivity index (χ1v) is 20.1. The predicted octanol–water partition coefficient (Wildman–Crippen LogP) is 13.8. The minimum Gasteiger partial charge on any atom is -0.309 e. The molecular weight excluding hydrogens is 693 g/mol. The van der Waals surface area contributed by atoms with Crippen LogP contribution in [0.25, 0.3) is 94.0 Å². The Hall–Kier alpha value is -6.65. The fourth-order valence-corrected chi connectivity index (χ4v) is 9.32. The quantitative estimate of drug-likeness (QED) is 0.181. The van der Waals surface area contributed by atoms with Gasteiger partial charge in [0.15, 0.2) is 17.5 Å². The molecular formula is C53H42N4.